The molecule has 134 valence electrons. The molecule has 0 saturated carbocycles. The molecule has 2 aliphatic heterocycles. The van der Waals surface area contributed by atoms with Crippen LogP contribution in [0.5, 0.6) is 0 Å². The summed E-state index contributed by atoms with van der Waals surface area (Å²) in [6.45, 7) is 21.9. The van der Waals surface area contributed by atoms with Crippen molar-refractivity contribution in [2.45, 2.75) is 70.6 Å². The van der Waals surface area contributed by atoms with Gasteiger partial charge in [0.25, 0.3) is 0 Å². The highest BCUT2D eigenvalue weighted by atomic mass is 29.8. The summed E-state index contributed by atoms with van der Waals surface area (Å²) < 4.78 is 12.4. The van der Waals surface area contributed by atoms with Gasteiger partial charge in [-0.2, -0.15) is 0 Å². The van der Waals surface area contributed by atoms with Crippen molar-refractivity contribution < 1.29 is 9.16 Å². The van der Waals surface area contributed by atoms with Crippen LogP contribution in [0.25, 0.3) is 0 Å². The SMILES string of the molecule is C[Si]1(C)OC(c2ccc(CC3CO3)cc2)[Si](C)(C)[Si](C)(C)[Si]1(C)C. The lowest BCUT2D eigenvalue weighted by Gasteiger charge is -2.62. The first-order valence-corrected chi connectivity index (χ1v) is 24.3. The molecule has 0 bridgehead atoms. The van der Waals surface area contributed by atoms with Crippen molar-refractivity contribution in [2.24, 2.45) is 0 Å². The molecule has 0 amide bonds. The molecule has 24 heavy (non-hydrogen) atoms. The van der Waals surface area contributed by atoms with Crippen LogP contribution < -0.4 is 0 Å². The molecule has 0 aliphatic carbocycles. The van der Waals surface area contributed by atoms with E-state index >= 15 is 0 Å². The van der Waals surface area contributed by atoms with Gasteiger partial charge in [0, 0.05) is 13.5 Å². The third-order valence-corrected chi connectivity index (χ3v) is 74.0. The maximum Gasteiger partial charge on any atom is 0.171 e. The van der Waals surface area contributed by atoms with Gasteiger partial charge in [-0.1, -0.05) is 63.5 Å². The monoisotopic (exact) mass is 394 g/mol. The minimum atomic E-state index is -1.60. The van der Waals surface area contributed by atoms with E-state index in [4.69, 9.17) is 9.16 Å². The fourth-order valence-corrected chi connectivity index (χ4v) is 72.6. The molecule has 0 aromatic heterocycles. The zero-order valence-electron chi connectivity index (χ0n) is 16.7. The Morgan fingerprint density at radius 2 is 1.42 bits per heavy atom. The molecule has 6 heteroatoms. The normalized spacial score (nSPS) is 32.3. The van der Waals surface area contributed by atoms with Crippen LogP contribution in [0.2, 0.25) is 52.4 Å². The van der Waals surface area contributed by atoms with E-state index < -0.39 is 29.6 Å². The Balaban J connectivity index is 1.94. The summed E-state index contributed by atoms with van der Waals surface area (Å²) in [6.07, 6.45) is 1.53. The van der Waals surface area contributed by atoms with Crippen molar-refractivity contribution in [3.8, 4) is 0 Å². The number of benzene rings is 1. The van der Waals surface area contributed by atoms with Crippen molar-refractivity contribution >= 4 is 29.6 Å². The molecule has 2 atom stereocenters. The van der Waals surface area contributed by atoms with Crippen molar-refractivity contribution in [3.05, 3.63) is 35.4 Å². The summed E-state index contributed by atoms with van der Waals surface area (Å²) >= 11 is 0. The number of ether oxygens (including phenoxy) is 1. The lowest BCUT2D eigenvalue weighted by atomic mass is 10.1. The highest BCUT2D eigenvalue weighted by Crippen LogP contribution is 2.48. The molecule has 2 nitrogen and oxygen atoms in total. The number of rotatable bonds is 3. The molecular weight excluding hydrogens is 361 g/mol. The maximum absolute atomic E-state index is 7.03. The molecule has 1 aromatic carbocycles. The van der Waals surface area contributed by atoms with Gasteiger partial charge in [0.1, 0.15) is 0 Å². The highest BCUT2D eigenvalue weighted by molar-refractivity contribution is 7.83. The van der Waals surface area contributed by atoms with Crippen molar-refractivity contribution in [1.82, 2.24) is 0 Å². The van der Waals surface area contributed by atoms with Crippen LogP contribution >= 0.6 is 0 Å². The molecule has 2 heterocycles. The van der Waals surface area contributed by atoms with E-state index in [1.165, 1.54) is 11.1 Å². The second kappa shape index (κ2) is 5.75. The lowest BCUT2D eigenvalue weighted by molar-refractivity contribution is 0.275. The lowest BCUT2D eigenvalue weighted by Crippen LogP contribution is -2.85. The van der Waals surface area contributed by atoms with Gasteiger partial charge in [-0.15, -0.1) is 0 Å². The van der Waals surface area contributed by atoms with Gasteiger partial charge in [0.05, 0.1) is 33.1 Å². The smallest absolute Gasteiger partial charge is 0.171 e. The first kappa shape index (κ1) is 18.8. The summed E-state index contributed by atoms with van der Waals surface area (Å²) in [6, 6.07) is 9.33. The van der Waals surface area contributed by atoms with E-state index in [1.807, 2.05) is 0 Å². The van der Waals surface area contributed by atoms with E-state index in [2.05, 4.69) is 76.6 Å². The molecule has 0 radical (unpaired) electrons. The van der Waals surface area contributed by atoms with Crippen LogP contribution in [-0.2, 0) is 15.6 Å². The Kier molecular flexibility index (Phi) is 4.50. The van der Waals surface area contributed by atoms with Gasteiger partial charge in [0.15, 0.2) is 7.83 Å². The molecule has 2 aliphatic rings. The number of hydrogen-bond acceptors (Lipinski definition) is 2. The second-order valence-corrected chi connectivity index (χ2v) is 49.1. The minimum Gasteiger partial charge on any atom is -0.417 e. The largest absolute Gasteiger partial charge is 0.417 e. The van der Waals surface area contributed by atoms with Gasteiger partial charge in [0.2, 0.25) is 0 Å². The summed E-state index contributed by atoms with van der Waals surface area (Å²) in [7, 11) is -5.61. The predicted molar refractivity (Wildman–Crippen MR) is 114 cm³/mol. The van der Waals surface area contributed by atoms with Gasteiger partial charge in [-0.25, -0.2) is 0 Å². The van der Waals surface area contributed by atoms with Crippen molar-refractivity contribution in [2.75, 3.05) is 6.61 Å². The zero-order chi connectivity index (χ0) is 18.0. The standard InChI is InChI=1S/C18H34O2Si4/c1-21(2)18(20-22(3,4)24(7,8)23(21,5)6)16-11-9-15(10-12-16)13-17-14-19-17/h9-12,17-18H,13-14H2,1-8H3. The molecule has 2 fully saturated rings. The molecule has 2 saturated heterocycles. The minimum absolute atomic E-state index is 0.396. The number of hydrogen-bond donors (Lipinski definition) is 0. The van der Waals surface area contributed by atoms with Crippen LogP contribution in [-0.4, -0.2) is 42.4 Å². The van der Waals surface area contributed by atoms with Crippen LogP contribution in [0.15, 0.2) is 24.3 Å². The van der Waals surface area contributed by atoms with Crippen molar-refractivity contribution in [3.63, 3.8) is 0 Å². The highest BCUT2D eigenvalue weighted by Gasteiger charge is 2.67. The van der Waals surface area contributed by atoms with Crippen LogP contribution in [0, 0.1) is 0 Å². The zero-order valence-corrected chi connectivity index (χ0v) is 20.7. The van der Waals surface area contributed by atoms with E-state index in [9.17, 15) is 0 Å². The molecule has 3 rings (SSSR count). The second-order valence-electron chi connectivity index (χ2n) is 9.88. The Morgan fingerprint density at radius 3 is 1.92 bits per heavy atom. The fraction of sp³-hybridized carbons (Fsp3) is 0.667. The first-order chi connectivity index (χ1) is 10.9. The fourth-order valence-electron chi connectivity index (χ4n) is 4.24. The molecule has 0 spiro atoms. The van der Waals surface area contributed by atoms with E-state index in [0.29, 0.717) is 11.8 Å². The van der Waals surface area contributed by atoms with Crippen molar-refractivity contribution in [1.29, 1.82) is 0 Å². The van der Waals surface area contributed by atoms with E-state index in [0.717, 1.165) is 13.0 Å². The Morgan fingerprint density at radius 1 is 0.875 bits per heavy atom. The molecule has 2 unspecified atom stereocenters. The average Bonchev–Trinajstić information content (AvgIpc) is 3.28. The topological polar surface area (TPSA) is 21.8 Å². The van der Waals surface area contributed by atoms with E-state index in [-0.39, 0.29) is 0 Å². The van der Waals surface area contributed by atoms with Crippen LogP contribution in [0.3, 0.4) is 0 Å². The van der Waals surface area contributed by atoms with Crippen LogP contribution in [0.4, 0.5) is 0 Å². The first-order valence-electron chi connectivity index (χ1n) is 9.28. The Hall–Kier alpha value is 0.00753. The molecule has 1 aromatic rings. The van der Waals surface area contributed by atoms with Gasteiger partial charge < -0.3 is 9.16 Å². The Labute approximate surface area is 151 Å². The molecular formula is C18H34O2Si4. The van der Waals surface area contributed by atoms with Crippen LogP contribution in [0.1, 0.15) is 16.9 Å². The average molecular weight is 395 g/mol. The molecule has 0 N–H and O–H groups in total. The van der Waals surface area contributed by atoms with Gasteiger partial charge in [-0.05, 0) is 24.2 Å². The summed E-state index contributed by atoms with van der Waals surface area (Å²) in [5.41, 5.74) is 3.24. The predicted octanol–water partition coefficient (Wildman–Crippen LogP) is 4.80. The summed E-state index contributed by atoms with van der Waals surface area (Å²) in [5, 5.41) is 0. The van der Waals surface area contributed by atoms with Gasteiger partial charge in [-0.3, -0.25) is 0 Å². The maximum atomic E-state index is 7.03. The number of epoxide rings is 1. The third kappa shape index (κ3) is 2.79. The van der Waals surface area contributed by atoms with Gasteiger partial charge >= 0.3 is 0 Å². The van der Waals surface area contributed by atoms with E-state index in [1.54, 1.807) is 0 Å². The summed E-state index contributed by atoms with van der Waals surface area (Å²) in [4.78, 5) is 0. The quantitative estimate of drug-likeness (QED) is 0.542. The summed E-state index contributed by atoms with van der Waals surface area (Å²) in [5.74, 6) is 0. The third-order valence-electron chi connectivity index (χ3n) is 7.89. The Bertz CT molecular complexity index is 618.